The molecule has 0 spiro atoms. The molecule has 0 saturated carbocycles. The summed E-state index contributed by atoms with van der Waals surface area (Å²) in [6.07, 6.45) is 3.35. The Labute approximate surface area is 104 Å². The molecule has 88 valence electrons. The Morgan fingerprint density at radius 1 is 1.33 bits per heavy atom. The standard InChI is InChI=1S/C13H10N4O/c14-7-11-4-1-5-12(17-11)13(18)16-9-10-3-2-6-15-8-10/h1-6,8H,9H2,(H,16,18). The van der Waals surface area contributed by atoms with Gasteiger partial charge in [-0.05, 0) is 23.8 Å². The van der Waals surface area contributed by atoms with Crippen LogP contribution in [0.1, 0.15) is 21.7 Å². The first-order chi connectivity index (χ1) is 8.79. The molecule has 0 aliphatic heterocycles. The van der Waals surface area contributed by atoms with E-state index in [4.69, 9.17) is 5.26 Å². The summed E-state index contributed by atoms with van der Waals surface area (Å²) in [5.74, 6) is -0.309. The second-order valence-corrected chi connectivity index (χ2v) is 3.56. The highest BCUT2D eigenvalue weighted by molar-refractivity contribution is 5.92. The maximum absolute atomic E-state index is 11.8. The molecule has 0 saturated heterocycles. The molecule has 18 heavy (non-hydrogen) atoms. The van der Waals surface area contributed by atoms with Crippen LogP contribution in [0.2, 0.25) is 0 Å². The van der Waals surface area contributed by atoms with Gasteiger partial charge in [-0.3, -0.25) is 9.78 Å². The number of carbonyl (C=O) groups is 1. The molecule has 2 aromatic rings. The van der Waals surface area contributed by atoms with Crippen LogP contribution in [0.5, 0.6) is 0 Å². The third-order valence-electron chi connectivity index (χ3n) is 2.27. The van der Waals surface area contributed by atoms with E-state index < -0.39 is 0 Å². The van der Waals surface area contributed by atoms with E-state index in [-0.39, 0.29) is 17.3 Å². The van der Waals surface area contributed by atoms with Crippen molar-refractivity contribution < 1.29 is 4.79 Å². The van der Waals surface area contributed by atoms with Gasteiger partial charge in [-0.15, -0.1) is 0 Å². The predicted octanol–water partition coefficient (Wildman–Crippen LogP) is 1.28. The molecule has 5 heteroatoms. The summed E-state index contributed by atoms with van der Waals surface area (Å²) in [6, 6.07) is 10.3. The van der Waals surface area contributed by atoms with E-state index in [9.17, 15) is 4.79 Å². The highest BCUT2D eigenvalue weighted by Gasteiger charge is 2.07. The molecule has 0 radical (unpaired) electrons. The molecule has 2 rings (SSSR count). The van der Waals surface area contributed by atoms with E-state index >= 15 is 0 Å². The van der Waals surface area contributed by atoms with E-state index in [2.05, 4.69) is 15.3 Å². The molecular formula is C13H10N4O. The van der Waals surface area contributed by atoms with E-state index in [0.717, 1.165) is 5.56 Å². The lowest BCUT2D eigenvalue weighted by molar-refractivity contribution is 0.0946. The Kier molecular flexibility index (Phi) is 3.62. The van der Waals surface area contributed by atoms with Gasteiger partial charge in [0.05, 0.1) is 0 Å². The lowest BCUT2D eigenvalue weighted by Crippen LogP contribution is -2.24. The van der Waals surface area contributed by atoms with Crippen LogP contribution >= 0.6 is 0 Å². The summed E-state index contributed by atoms with van der Waals surface area (Å²) in [4.78, 5) is 19.7. The molecule has 0 aromatic carbocycles. The van der Waals surface area contributed by atoms with Gasteiger partial charge in [-0.1, -0.05) is 12.1 Å². The highest BCUT2D eigenvalue weighted by atomic mass is 16.1. The number of carbonyl (C=O) groups excluding carboxylic acids is 1. The molecule has 2 aromatic heterocycles. The zero-order valence-electron chi connectivity index (χ0n) is 9.50. The van der Waals surface area contributed by atoms with Gasteiger partial charge in [0.25, 0.3) is 5.91 Å². The van der Waals surface area contributed by atoms with Crippen LogP contribution in [0, 0.1) is 11.3 Å². The van der Waals surface area contributed by atoms with Crippen molar-refractivity contribution in [3.63, 3.8) is 0 Å². The first-order valence-electron chi connectivity index (χ1n) is 5.34. The van der Waals surface area contributed by atoms with Crippen molar-refractivity contribution in [2.24, 2.45) is 0 Å². The number of hydrogen-bond donors (Lipinski definition) is 1. The first-order valence-corrected chi connectivity index (χ1v) is 5.34. The number of nitrogens with one attached hydrogen (secondary N) is 1. The Morgan fingerprint density at radius 3 is 2.94 bits per heavy atom. The van der Waals surface area contributed by atoms with Crippen LogP contribution in [0.15, 0.2) is 42.7 Å². The zero-order chi connectivity index (χ0) is 12.8. The fourth-order valence-corrected chi connectivity index (χ4v) is 1.40. The largest absolute Gasteiger partial charge is 0.347 e. The topological polar surface area (TPSA) is 78.7 Å². The van der Waals surface area contributed by atoms with E-state index in [1.54, 1.807) is 36.7 Å². The number of pyridine rings is 2. The summed E-state index contributed by atoms with van der Waals surface area (Å²) in [5.41, 5.74) is 1.37. The van der Waals surface area contributed by atoms with E-state index in [0.29, 0.717) is 6.54 Å². The van der Waals surface area contributed by atoms with Crippen molar-refractivity contribution in [2.45, 2.75) is 6.54 Å². The van der Waals surface area contributed by atoms with Crippen LogP contribution in [-0.4, -0.2) is 15.9 Å². The Hall–Kier alpha value is -2.74. The van der Waals surface area contributed by atoms with Crippen molar-refractivity contribution in [3.05, 3.63) is 59.7 Å². The van der Waals surface area contributed by atoms with Gasteiger partial charge >= 0.3 is 0 Å². The van der Waals surface area contributed by atoms with Crippen molar-refractivity contribution in [1.29, 1.82) is 5.26 Å². The lowest BCUT2D eigenvalue weighted by Gasteiger charge is -2.04. The van der Waals surface area contributed by atoms with Gasteiger partial charge in [0.1, 0.15) is 17.5 Å². The fraction of sp³-hybridized carbons (Fsp3) is 0.0769. The van der Waals surface area contributed by atoms with Crippen LogP contribution < -0.4 is 5.32 Å². The van der Waals surface area contributed by atoms with Gasteiger partial charge in [0, 0.05) is 18.9 Å². The van der Waals surface area contributed by atoms with Crippen molar-refractivity contribution >= 4 is 5.91 Å². The van der Waals surface area contributed by atoms with Gasteiger partial charge in [-0.2, -0.15) is 5.26 Å². The van der Waals surface area contributed by atoms with Crippen LogP contribution in [0.25, 0.3) is 0 Å². The number of nitriles is 1. The molecular weight excluding hydrogens is 228 g/mol. The number of hydrogen-bond acceptors (Lipinski definition) is 4. The average Bonchev–Trinajstić information content (AvgIpc) is 2.46. The third kappa shape index (κ3) is 2.89. The molecule has 0 bridgehead atoms. The Balaban J connectivity index is 2.02. The third-order valence-corrected chi connectivity index (χ3v) is 2.27. The molecule has 0 atom stereocenters. The number of nitrogens with zero attached hydrogens (tertiary/aromatic N) is 3. The average molecular weight is 238 g/mol. The van der Waals surface area contributed by atoms with E-state index in [1.807, 2.05) is 12.1 Å². The molecule has 0 unspecified atom stereocenters. The molecule has 0 aliphatic carbocycles. The molecule has 5 nitrogen and oxygen atoms in total. The summed E-state index contributed by atoms with van der Waals surface area (Å²) in [6.45, 7) is 0.380. The zero-order valence-corrected chi connectivity index (χ0v) is 9.50. The van der Waals surface area contributed by atoms with Crippen molar-refractivity contribution in [2.75, 3.05) is 0 Å². The molecule has 2 heterocycles. The number of rotatable bonds is 3. The fourth-order valence-electron chi connectivity index (χ4n) is 1.40. The minimum Gasteiger partial charge on any atom is -0.347 e. The van der Waals surface area contributed by atoms with Gasteiger partial charge < -0.3 is 5.32 Å². The quantitative estimate of drug-likeness (QED) is 0.873. The molecule has 0 aliphatic rings. The number of aromatic nitrogens is 2. The Morgan fingerprint density at radius 2 is 2.22 bits per heavy atom. The first kappa shape index (κ1) is 11.7. The monoisotopic (exact) mass is 238 g/mol. The summed E-state index contributed by atoms with van der Waals surface area (Å²) < 4.78 is 0. The summed E-state index contributed by atoms with van der Waals surface area (Å²) >= 11 is 0. The minimum absolute atomic E-state index is 0.226. The van der Waals surface area contributed by atoms with Crippen molar-refractivity contribution in [3.8, 4) is 6.07 Å². The predicted molar refractivity (Wildman–Crippen MR) is 64.4 cm³/mol. The molecule has 1 N–H and O–H groups in total. The van der Waals surface area contributed by atoms with Crippen LogP contribution in [-0.2, 0) is 6.54 Å². The van der Waals surface area contributed by atoms with Gasteiger partial charge in [0.2, 0.25) is 0 Å². The maximum Gasteiger partial charge on any atom is 0.270 e. The smallest absolute Gasteiger partial charge is 0.270 e. The van der Waals surface area contributed by atoms with Crippen LogP contribution in [0.4, 0.5) is 0 Å². The lowest BCUT2D eigenvalue weighted by atomic mass is 10.2. The van der Waals surface area contributed by atoms with Crippen molar-refractivity contribution in [1.82, 2.24) is 15.3 Å². The van der Waals surface area contributed by atoms with Gasteiger partial charge in [0.15, 0.2) is 0 Å². The second-order valence-electron chi connectivity index (χ2n) is 3.56. The van der Waals surface area contributed by atoms with Crippen LogP contribution in [0.3, 0.4) is 0 Å². The SMILES string of the molecule is N#Cc1cccc(C(=O)NCc2cccnc2)n1. The number of amides is 1. The summed E-state index contributed by atoms with van der Waals surface area (Å²) in [7, 11) is 0. The minimum atomic E-state index is -0.309. The van der Waals surface area contributed by atoms with Gasteiger partial charge in [-0.25, -0.2) is 4.98 Å². The summed E-state index contributed by atoms with van der Waals surface area (Å²) in [5, 5.41) is 11.4. The maximum atomic E-state index is 11.8. The highest BCUT2D eigenvalue weighted by Crippen LogP contribution is 2.00. The van der Waals surface area contributed by atoms with E-state index in [1.165, 1.54) is 0 Å². The molecule has 0 fully saturated rings. The Bertz CT molecular complexity index is 589. The molecule has 1 amide bonds. The second kappa shape index (κ2) is 5.55. The normalized spacial score (nSPS) is 9.50.